The average molecular weight is 269 g/mol. The van der Waals surface area contributed by atoms with Gasteiger partial charge in [0.1, 0.15) is 0 Å². The van der Waals surface area contributed by atoms with Crippen molar-refractivity contribution in [3.8, 4) is 0 Å². The highest BCUT2D eigenvalue weighted by molar-refractivity contribution is 7.15. The maximum absolute atomic E-state index is 5.24. The SMILES string of the molecule is CCCNCc1sc(N(C)C2CC2)nc1COC. The summed E-state index contributed by atoms with van der Waals surface area (Å²) < 4.78 is 5.24. The lowest BCUT2D eigenvalue weighted by Gasteiger charge is -2.13. The van der Waals surface area contributed by atoms with Crippen LogP contribution in [0, 0.1) is 0 Å². The Morgan fingerprint density at radius 2 is 2.28 bits per heavy atom. The average Bonchev–Trinajstić information content (AvgIpc) is 3.13. The molecule has 102 valence electrons. The van der Waals surface area contributed by atoms with Gasteiger partial charge in [0, 0.05) is 31.6 Å². The fraction of sp³-hybridized carbons (Fsp3) is 0.769. The number of hydrogen-bond acceptors (Lipinski definition) is 5. The molecule has 1 aliphatic rings. The van der Waals surface area contributed by atoms with Gasteiger partial charge in [-0.1, -0.05) is 6.92 Å². The second-order valence-electron chi connectivity index (χ2n) is 4.82. The van der Waals surface area contributed by atoms with Gasteiger partial charge in [0.15, 0.2) is 5.13 Å². The van der Waals surface area contributed by atoms with E-state index in [-0.39, 0.29) is 0 Å². The van der Waals surface area contributed by atoms with Crippen LogP contribution in [0.15, 0.2) is 0 Å². The first-order chi connectivity index (χ1) is 8.76. The fourth-order valence-electron chi connectivity index (χ4n) is 1.90. The first-order valence-corrected chi connectivity index (χ1v) is 7.49. The molecular weight excluding hydrogens is 246 g/mol. The van der Waals surface area contributed by atoms with Crippen molar-refractivity contribution in [1.29, 1.82) is 0 Å². The molecule has 0 aromatic carbocycles. The second-order valence-corrected chi connectivity index (χ2v) is 5.88. The first kappa shape index (κ1) is 13.8. The highest BCUT2D eigenvalue weighted by atomic mass is 32.1. The molecule has 1 saturated carbocycles. The van der Waals surface area contributed by atoms with Crippen LogP contribution in [-0.2, 0) is 17.9 Å². The Morgan fingerprint density at radius 1 is 1.50 bits per heavy atom. The molecule has 1 N–H and O–H groups in total. The van der Waals surface area contributed by atoms with Crippen LogP contribution in [0.2, 0.25) is 0 Å². The van der Waals surface area contributed by atoms with Crippen molar-refractivity contribution >= 4 is 16.5 Å². The molecule has 1 aromatic heterocycles. The number of nitrogens with one attached hydrogen (secondary N) is 1. The summed E-state index contributed by atoms with van der Waals surface area (Å²) in [6, 6.07) is 0.711. The van der Waals surface area contributed by atoms with Gasteiger partial charge in [0.05, 0.1) is 12.3 Å². The van der Waals surface area contributed by atoms with Crippen molar-refractivity contribution in [2.24, 2.45) is 0 Å². The number of ether oxygens (including phenoxy) is 1. The third kappa shape index (κ3) is 3.43. The Balaban J connectivity index is 2.04. The summed E-state index contributed by atoms with van der Waals surface area (Å²) in [6.45, 7) is 4.75. The van der Waals surface area contributed by atoms with Crippen molar-refractivity contribution in [3.63, 3.8) is 0 Å². The van der Waals surface area contributed by atoms with E-state index < -0.39 is 0 Å². The first-order valence-electron chi connectivity index (χ1n) is 6.67. The monoisotopic (exact) mass is 269 g/mol. The summed E-state index contributed by atoms with van der Waals surface area (Å²) >= 11 is 1.80. The number of rotatable bonds is 8. The van der Waals surface area contributed by atoms with Gasteiger partial charge in [-0.25, -0.2) is 4.98 Å². The Labute approximate surface area is 113 Å². The van der Waals surface area contributed by atoms with E-state index in [9.17, 15) is 0 Å². The topological polar surface area (TPSA) is 37.4 Å². The molecule has 1 heterocycles. The maximum atomic E-state index is 5.24. The Morgan fingerprint density at radius 3 is 2.89 bits per heavy atom. The molecule has 0 atom stereocenters. The zero-order valence-electron chi connectivity index (χ0n) is 11.5. The summed E-state index contributed by atoms with van der Waals surface area (Å²) in [6.07, 6.45) is 3.77. The molecule has 0 bridgehead atoms. The third-order valence-corrected chi connectivity index (χ3v) is 4.34. The maximum Gasteiger partial charge on any atom is 0.185 e. The predicted molar refractivity (Wildman–Crippen MR) is 76.2 cm³/mol. The lowest BCUT2D eigenvalue weighted by atomic mass is 10.3. The van der Waals surface area contributed by atoms with Crippen LogP contribution >= 0.6 is 11.3 Å². The van der Waals surface area contributed by atoms with Crippen LogP contribution in [0.4, 0.5) is 5.13 Å². The van der Waals surface area contributed by atoms with Gasteiger partial charge in [0.25, 0.3) is 0 Å². The van der Waals surface area contributed by atoms with E-state index in [4.69, 9.17) is 9.72 Å². The number of aromatic nitrogens is 1. The van der Waals surface area contributed by atoms with Crippen LogP contribution in [0.25, 0.3) is 0 Å². The quantitative estimate of drug-likeness (QED) is 0.735. The molecule has 0 amide bonds. The van der Waals surface area contributed by atoms with Crippen LogP contribution in [0.5, 0.6) is 0 Å². The molecule has 5 heteroatoms. The van der Waals surface area contributed by atoms with Gasteiger partial charge < -0.3 is 15.0 Å². The standard InChI is InChI=1S/C13H23N3OS/c1-4-7-14-8-12-11(9-17-3)15-13(18-12)16(2)10-5-6-10/h10,14H,4-9H2,1-3H3. The lowest BCUT2D eigenvalue weighted by molar-refractivity contribution is 0.181. The van der Waals surface area contributed by atoms with Crippen LogP contribution in [0.3, 0.4) is 0 Å². The zero-order chi connectivity index (χ0) is 13.0. The minimum absolute atomic E-state index is 0.609. The molecule has 0 saturated heterocycles. The third-order valence-electron chi connectivity index (χ3n) is 3.16. The van der Waals surface area contributed by atoms with E-state index in [0.29, 0.717) is 12.6 Å². The van der Waals surface area contributed by atoms with Crippen LogP contribution in [0.1, 0.15) is 36.8 Å². The van der Waals surface area contributed by atoms with Crippen molar-refractivity contribution in [2.45, 2.75) is 45.4 Å². The van der Waals surface area contributed by atoms with E-state index in [1.54, 1.807) is 18.4 Å². The molecule has 0 radical (unpaired) electrons. The number of thiazole rings is 1. The molecular formula is C13H23N3OS. The highest BCUT2D eigenvalue weighted by Gasteiger charge is 2.28. The smallest absolute Gasteiger partial charge is 0.185 e. The van der Waals surface area contributed by atoms with Gasteiger partial charge in [-0.15, -0.1) is 11.3 Å². The predicted octanol–water partition coefficient (Wildman–Crippen LogP) is 2.39. The van der Waals surface area contributed by atoms with Gasteiger partial charge in [-0.05, 0) is 25.8 Å². The molecule has 1 aromatic rings. The molecule has 0 aliphatic heterocycles. The van der Waals surface area contributed by atoms with Crippen LogP contribution < -0.4 is 10.2 Å². The van der Waals surface area contributed by atoms with E-state index in [1.165, 1.54) is 17.7 Å². The molecule has 1 fully saturated rings. The van der Waals surface area contributed by atoms with Crippen molar-refractivity contribution < 1.29 is 4.74 Å². The molecule has 0 unspecified atom stereocenters. The molecule has 18 heavy (non-hydrogen) atoms. The van der Waals surface area contributed by atoms with Gasteiger partial charge in [-0.2, -0.15) is 0 Å². The Bertz CT molecular complexity index is 376. The Hall–Kier alpha value is -0.650. The van der Waals surface area contributed by atoms with E-state index in [1.807, 2.05) is 0 Å². The summed E-state index contributed by atoms with van der Waals surface area (Å²) in [5.41, 5.74) is 1.09. The van der Waals surface area contributed by atoms with Gasteiger partial charge in [0.2, 0.25) is 0 Å². The number of anilines is 1. The number of hydrogen-bond donors (Lipinski definition) is 1. The number of methoxy groups -OCH3 is 1. The minimum atomic E-state index is 0.609. The zero-order valence-corrected chi connectivity index (χ0v) is 12.3. The fourth-order valence-corrected chi connectivity index (χ4v) is 2.97. The summed E-state index contributed by atoms with van der Waals surface area (Å²) in [7, 11) is 3.88. The minimum Gasteiger partial charge on any atom is -0.378 e. The normalized spacial score (nSPS) is 15.1. The van der Waals surface area contributed by atoms with Crippen molar-refractivity contribution in [1.82, 2.24) is 10.3 Å². The number of nitrogens with zero attached hydrogens (tertiary/aromatic N) is 2. The van der Waals surface area contributed by atoms with E-state index in [0.717, 1.165) is 30.3 Å². The van der Waals surface area contributed by atoms with Crippen molar-refractivity contribution in [2.75, 3.05) is 25.6 Å². The van der Waals surface area contributed by atoms with Crippen molar-refractivity contribution in [3.05, 3.63) is 10.6 Å². The van der Waals surface area contributed by atoms with Gasteiger partial charge in [-0.3, -0.25) is 0 Å². The highest BCUT2D eigenvalue weighted by Crippen LogP contribution is 2.34. The molecule has 1 aliphatic carbocycles. The second kappa shape index (κ2) is 6.50. The molecule has 2 rings (SSSR count). The van der Waals surface area contributed by atoms with Crippen LogP contribution in [-0.4, -0.2) is 31.7 Å². The lowest BCUT2D eigenvalue weighted by Crippen LogP contribution is -2.19. The molecule has 4 nitrogen and oxygen atoms in total. The summed E-state index contributed by atoms with van der Waals surface area (Å²) in [5.74, 6) is 0. The van der Waals surface area contributed by atoms with Gasteiger partial charge >= 0.3 is 0 Å². The van der Waals surface area contributed by atoms with E-state index in [2.05, 4.69) is 24.2 Å². The summed E-state index contributed by atoms with van der Waals surface area (Å²) in [4.78, 5) is 8.34. The Kier molecular flexibility index (Phi) is 4.97. The largest absolute Gasteiger partial charge is 0.378 e. The van der Waals surface area contributed by atoms with E-state index >= 15 is 0 Å². The summed E-state index contributed by atoms with van der Waals surface area (Å²) in [5, 5.41) is 4.58. The molecule has 0 spiro atoms.